The molecule has 2 aromatic carbocycles. The molecule has 0 N–H and O–H groups in total. The standard InChI is InChI=1S/C21H18ClN3O4/c1-11-15(22)5-4-6-16(11)24-20(27)17-18(12(2)26)23-25(19(17)21(24)28)13-7-9-14(29-3)10-8-13/h4-10,17,19H,1-3H3. The molecule has 2 unspecified atom stereocenters. The van der Waals surface area contributed by atoms with E-state index in [0.717, 1.165) is 4.90 Å². The third-order valence-electron chi connectivity index (χ3n) is 5.23. The first-order chi connectivity index (χ1) is 13.8. The molecule has 0 radical (unpaired) electrons. The SMILES string of the molecule is COc1ccc(N2N=C(C(C)=O)C3C(=O)N(c4cccc(Cl)c4C)C(=O)C32)cc1. The van der Waals surface area contributed by atoms with E-state index in [0.29, 0.717) is 27.7 Å². The van der Waals surface area contributed by atoms with Crippen LogP contribution >= 0.6 is 11.6 Å². The number of benzene rings is 2. The fourth-order valence-corrected chi connectivity index (χ4v) is 3.90. The molecule has 2 atom stereocenters. The van der Waals surface area contributed by atoms with Crippen molar-refractivity contribution in [2.45, 2.75) is 19.9 Å². The lowest BCUT2D eigenvalue weighted by Crippen LogP contribution is -2.39. The number of methoxy groups -OCH3 is 1. The molecule has 2 heterocycles. The van der Waals surface area contributed by atoms with Gasteiger partial charge in [-0.2, -0.15) is 5.10 Å². The maximum Gasteiger partial charge on any atom is 0.259 e. The summed E-state index contributed by atoms with van der Waals surface area (Å²) in [6.45, 7) is 3.09. The van der Waals surface area contributed by atoms with Crippen LogP contribution in [-0.4, -0.2) is 36.5 Å². The molecular weight excluding hydrogens is 394 g/mol. The number of amides is 2. The Balaban J connectivity index is 1.80. The predicted octanol–water partition coefficient (Wildman–Crippen LogP) is 2.98. The fraction of sp³-hybridized carbons (Fsp3) is 0.238. The van der Waals surface area contributed by atoms with Crippen molar-refractivity contribution in [2.75, 3.05) is 17.0 Å². The molecule has 0 spiro atoms. The number of ether oxygens (including phenoxy) is 1. The molecule has 2 aliphatic rings. The summed E-state index contributed by atoms with van der Waals surface area (Å²) in [5.41, 5.74) is 1.70. The molecule has 0 aromatic heterocycles. The van der Waals surface area contributed by atoms with E-state index in [1.165, 1.54) is 11.9 Å². The summed E-state index contributed by atoms with van der Waals surface area (Å²) < 4.78 is 5.17. The fourth-order valence-electron chi connectivity index (χ4n) is 3.73. The zero-order chi connectivity index (χ0) is 20.9. The van der Waals surface area contributed by atoms with Crippen molar-refractivity contribution in [1.29, 1.82) is 0 Å². The minimum Gasteiger partial charge on any atom is -0.497 e. The van der Waals surface area contributed by atoms with Crippen LogP contribution in [0, 0.1) is 12.8 Å². The molecule has 2 aliphatic heterocycles. The van der Waals surface area contributed by atoms with Gasteiger partial charge in [0.2, 0.25) is 5.91 Å². The number of ketones is 1. The summed E-state index contributed by atoms with van der Waals surface area (Å²) >= 11 is 6.19. The average molecular weight is 412 g/mol. The molecule has 4 rings (SSSR count). The molecule has 1 fully saturated rings. The number of carbonyl (C=O) groups excluding carboxylic acids is 3. The van der Waals surface area contributed by atoms with Gasteiger partial charge in [0.1, 0.15) is 23.4 Å². The molecule has 8 heteroatoms. The first-order valence-electron chi connectivity index (χ1n) is 9.00. The Bertz CT molecular complexity index is 1060. The lowest BCUT2D eigenvalue weighted by molar-refractivity contribution is -0.122. The monoisotopic (exact) mass is 411 g/mol. The van der Waals surface area contributed by atoms with Crippen LogP contribution < -0.4 is 14.6 Å². The molecule has 7 nitrogen and oxygen atoms in total. The molecule has 2 amide bonds. The average Bonchev–Trinajstić information content (AvgIpc) is 3.22. The van der Waals surface area contributed by atoms with E-state index in [-0.39, 0.29) is 11.5 Å². The van der Waals surface area contributed by atoms with Crippen molar-refractivity contribution >= 4 is 46.3 Å². The largest absolute Gasteiger partial charge is 0.497 e. The number of Topliss-reactive ketones (excluding diaryl/α,β-unsaturated/α-hetero) is 1. The second-order valence-corrected chi connectivity index (χ2v) is 7.31. The second kappa shape index (κ2) is 7.00. The highest BCUT2D eigenvalue weighted by atomic mass is 35.5. The number of anilines is 2. The quantitative estimate of drug-likeness (QED) is 0.722. The van der Waals surface area contributed by atoms with E-state index in [9.17, 15) is 14.4 Å². The number of nitrogens with zero attached hydrogens (tertiary/aromatic N) is 3. The minimum atomic E-state index is -0.958. The molecule has 29 heavy (non-hydrogen) atoms. The van der Waals surface area contributed by atoms with Crippen molar-refractivity contribution in [3.05, 3.63) is 53.1 Å². The highest BCUT2D eigenvalue weighted by Crippen LogP contribution is 2.40. The van der Waals surface area contributed by atoms with Gasteiger partial charge in [0, 0.05) is 11.9 Å². The van der Waals surface area contributed by atoms with Crippen LogP contribution in [0.15, 0.2) is 47.6 Å². The van der Waals surface area contributed by atoms with E-state index >= 15 is 0 Å². The van der Waals surface area contributed by atoms with Crippen LogP contribution in [0.2, 0.25) is 5.02 Å². The van der Waals surface area contributed by atoms with Crippen LogP contribution in [-0.2, 0) is 14.4 Å². The van der Waals surface area contributed by atoms with Crippen LogP contribution in [0.25, 0.3) is 0 Å². The number of hydrazone groups is 1. The highest BCUT2D eigenvalue weighted by molar-refractivity contribution is 6.49. The molecule has 0 aliphatic carbocycles. The number of hydrogen-bond donors (Lipinski definition) is 0. The first kappa shape index (κ1) is 19.1. The number of hydrogen-bond acceptors (Lipinski definition) is 6. The van der Waals surface area contributed by atoms with Gasteiger partial charge in [-0.1, -0.05) is 17.7 Å². The summed E-state index contributed by atoms with van der Waals surface area (Å²) in [5, 5.41) is 6.23. The third-order valence-corrected chi connectivity index (χ3v) is 5.64. The van der Waals surface area contributed by atoms with Crippen molar-refractivity contribution in [3.63, 3.8) is 0 Å². The van der Waals surface area contributed by atoms with Gasteiger partial charge in [-0.05, 0) is 48.9 Å². The smallest absolute Gasteiger partial charge is 0.259 e. The van der Waals surface area contributed by atoms with E-state index in [4.69, 9.17) is 16.3 Å². The van der Waals surface area contributed by atoms with Gasteiger partial charge in [0.25, 0.3) is 5.91 Å². The first-order valence-corrected chi connectivity index (χ1v) is 9.38. The Kier molecular flexibility index (Phi) is 4.62. The topological polar surface area (TPSA) is 79.3 Å². The summed E-state index contributed by atoms with van der Waals surface area (Å²) in [6, 6.07) is 11.0. The zero-order valence-electron chi connectivity index (χ0n) is 16.0. The van der Waals surface area contributed by atoms with Crippen LogP contribution in [0.4, 0.5) is 11.4 Å². The van der Waals surface area contributed by atoms with Crippen molar-refractivity contribution in [1.82, 2.24) is 0 Å². The Morgan fingerprint density at radius 2 is 1.79 bits per heavy atom. The molecule has 2 aromatic rings. The van der Waals surface area contributed by atoms with Gasteiger partial charge >= 0.3 is 0 Å². The van der Waals surface area contributed by atoms with Gasteiger partial charge in [-0.25, -0.2) is 4.90 Å². The van der Waals surface area contributed by atoms with E-state index in [1.807, 2.05) is 0 Å². The lowest BCUT2D eigenvalue weighted by Gasteiger charge is -2.23. The number of rotatable bonds is 4. The summed E-state index contributed by atoms with van der Waals surface area (Å²) in [5.74, 6) is -1.58. The van der Waals surface area contributed by atoms with Crippen LogP contribution in [0.5, 0.6) is 5.75 Å². The van der Waals surface area contributed by atoms with Gasteiger partial charge in [-0.3, -0.25) is 19.4 Å². The molecular formula is C21H18ClN3O4. The van der Waals surface area contributed by atoms with Crippen molar-refractivity contribution in [2.24, 2.45) is 11.0 Å². The van der Waals surface area contributed by atoms with Gasteiger partial charge < -0.3 is 4.74 Å². The van der Waals surface area contributed by atoms with Crippen molar-refractivity contribution < 1.29 is 19.1 Å². The number of fused-ring (bicyclic) bond motifs is 1. The Labute approximate surface area is 172 Å². The van der Waals surface area contributed by atoms with Gasteiger partial charge in [0.05, 0.1) is 18.5 Å². The number of imide groups is 1. The number of carbonyl (C=O) groups is 3. The second-order valence-electron chi connectivity index (χ2n) is 6.90. The third kappa shape index (κ3) is 2.89. The normalized spacial score (nSPS) is 20.8. The van der Waals surface area contributed by atoms with Crippen LogP contribution in [0.1, 0.15) is 12.5 Å². The number of halogens is 1. The summed E-state index contributed by atoms with van der Waals surface area (Å²) in [6.07, 6.45) is 0. The Morgan fingerprint density at radius 3 is 2.41 bits per heavy atom. The highest BCUT2D eigenvalue weighted by Gasteiger charge is 2.58. The summed E-state index contributed by atoms with van der Waals surface area (Å²) in [7, 11) is 1.55. The maximum atomic E-state index is 13.3. The molecule has 0 saturated carbocycles. The van der Waals surface area contributed by atoms with E-state index in [2.05, 4.69) is 5.10 Å². The Morgan fingerprint density at radius 1 is 1.10 bits per heavy atom. The Hall–Kier alpha value is -3.19. The van der Waals surface area contributed by atoms with E-state index < -0.39 is 23.8 Å². The van der Waals surface area contributed by atoms with Gasteiger partial charge in [0.15, 0.2) is 5.78 Å². The molecule has 1 saturated heterocycles. The zero-order valence-corrected chi connectivity index (χ0v) is 16.8. The summed E-state index contributed by atoms with van der Waals surface area (Å²) in [4.78, 5) is 39.9. The molecule has 148 valence electrons. The van der Waals surface area contributed by atoms with Crippen LogP contribution in [0.3, 0.4) is 0 Å². The predicted molar refractivity (Wildman–Crippen MR) is 110 cm³/mol. The van der Waals surface area contributed by atoms with Gasteiger partial charge in [-0.15, -0.1) is 0 Å². The van der Waals surface area contributed by atoms with E-state index in [1.54, 1.807) is 56.5 Å². The van der Waals surface area contributed by atoms with Crippen molar-refractivity contribution in [3.8, 4) is 5.75 Å². The maximum absolute atomic E-state index is 13.3. The lowest BCUT2D eigenvalue weighted by atomic mass is 9.95. The molecule has 0 bridgehead atoms. The minimum absolute atomic E-state index is 0.0753.